The Morgan fingerprint density at radius 2 is 1.50 bits per heavy atom. The lowest BCUT2D eigenvalue weighted by atomic mass is 9.87. The van der Waals surface area contributed by atoms with Gasteiger partial charge in [-0.2, -0.15) is 4.39 Å². The number of hydrogen-bond acceptors (Lipinski definition) is 2. The molecule has 0 aliphatic heterocycles. The highest BCUT2D eigenvalue weighted by atomic mass is 19.2. The molecule has 2 aromatic rings. The summed E-state index contributed by atoms with van der Waals surface area (Å²) in [5, 5.41) is 0. The van der Waals surface area contributed by atoms with E-state index in [1.165, 1.54) is 44.6 Å². The number of fused-ring (bicyclic) bond motifs is 1. The van der Waals surface area contributed by atoms with Crippen molar-refractivity contribution in [2.24, 2.45) is 23.7 Å². The zero-order valence-electron chi connectivity index (χ0n) is 18.0. The van der Waals surface area contributed by atoms with Crippen molar-refractivity contribution in [2.45, 2.75) is 52.4 Å². The molecule has 4 atom stereocenters. The van der Waals surface area contributed by atoms with Crippen LogP contribution in [0.4, 0.5) is 8.78 Å². The third kappa shape index (κ3) is 4.19. The maximum absolute atomic E-state index is 14.4. The van der Waals surface area contributed by atoms with Gasteiger partial charge in [-0.25, -0.2) is 4.39 Å². The minimum atomic E-state index is -0.941. The van der Waals surface area contributed by atoms with E-state index in [1.807, 2.05) is 12.1 Å². The van der Waals surface area contributed by atoms with Crippen molar-refractivity contribution in [1.82, 2.24) is 0 Å². The first-order chi connectivity index (χ1) is 14.6. The average molecular weight is 415 g/mol. The summed E-state index contributed by atoms with van der Waals surface area (Å²) in [6, 6.07) is 10.3. The number of rotatable bonds is 8. The Bertz CT molecular complexity index is 849. The highest BCUT2D eigenvalue weighted by Crippen LogP contribution is 2.52. The Morgan fingerprint density at radius 3 is 2.20 bits per heavy atom. The number of hydrogen-bond donors (Lipinski definition) is 0. The quantitative estimate of drug-likeness (QED) is 0.452. The molecule has 2 fully saturated rings. The molecule has 4 heteroatoms. The average Bonchev–Trinajstić information content (AvgIpc) is 3.34. The summed E-state index contributed by atoms with van der Waals surface area (Å²) in [5.41, 5.74) is 0.856. The molecule has 0 heterocycles. The van der Waals surface area contributed by atoms with E-state index in [1.54, 1.807) is 25.1 Å². The first-order valence-electron chi connectivity index (χ1n) is 11.5. The van der Waals surface area contributed by atoms with E-state index in [9.17, 15) is 8.78 Å². The zero-order chi connectivity index (χ0) is 21.1. The van der Waals surface area contributed by atoms with Crippen LogP contribution in [-0.4, -0.2) is 13.2 Å². The van der Waals surface area contributed by atoms with Crippen LogP contribution in [0, 0.1) is 35.3 Å². The molecule has 2 aromatic carbocycles. The van der Waals surface area contributed by atoms with E-state index < -0.39 is 11.6 Å². The van der Waals surface area contributed by atoms with Crippen molar-refractivity contribution in [1.29, 1.82) is 0 Å². The van der Waals surface area contributed by atoms with Gasteiger partial charge in [-0.3, -0.25) is 0 Å². The van der Waals surface area contributed by atoms with Crippen molar-refractivity contribution in [2.75, 3.05) is 13.2 Å². The van der Waals surface area contributed by atoms with E-state index in [-0.39, 0.29) is 11.3 Å². The first kappa shape index (κ1) is 21.1. The fraction of sp³-hybridized carbons (Fsp3) is 0.538. The van der Waals surface area contributed by atoms with Crippen molar-refractivity contribution < 1.29 is 18.3 Å². The highest BCUT2D eigenvalue weighted by Gasteiger charge is 2.44. The summed E-state index contributed by atoms with van der Waals surface area (Å²) < 4.78 is 39.8. The Hall–Kier alpha value is -2.10. The fourth-order valence-electron chi connectivity index (χ4n) is 5.73. The van der Waals surface area contributed by atoms with Gasteiger partial charge in [0.2, 0.25) is 5.82 Å². The third-order valence-electron chi connectivity index (χ3n) is 7.14. The van der Waals surface area contributed by atoms with Crippen LogP contribution in [0.5, 0.6) is 11.5 Å². The maximum atomic E-state index is 14.4. The lowest BCUT2D eigenvalue weighted by molar-refractivity contribution is 0.201. The fourth-order valence-corrected chi connectivity index (χ4v) is 5.73. The van der Waals surface area contributed by atoms with Gasteiger partial charge >= 0.3 is 0 Å². The molecule has 2 nitrogen and oxygen atoms in total. The molecule has 4 rings (SSSR count). The van der Waals surface area contributed by atoms with Crippen LogP contribution in [0.3, 0.4) is 0 Å². The van der Waals surface area contributed by atoms with Crippen molar-refractivity contribution in [3.05, 3.63) is 48.0 Å². The van der Waals surface area contributed by atoms with Gasteiger partial charge in [0.1, 0.15) is 5.75 Å². The van der Waals surface area contributed by atoms with Gasteiger partial charge in [0.05, 0.1) is 13.2 Å². The van der Waals surface area contributed by atoms with E-state index in [4.69, 9.17) is 9.47 Å². The minimum absolute atomic E-state index is 0.0540. The predicted octanol–water partition coefficient (Wildman–Crippen LogP) is 7.26. The number of ether oxygens (including phenoxy) is 2. The van der Waals surface area contributed by atoms with Crippen molar-refractivity contribution in [3.8, 4) is 22.6 Å². The third-order valence-corrected chi connectivity index (χ3v) is 7.14. The van der Waals surface area contributed by atoms with Crippen LogP contribution in [0.1, 0.15) is 52.4 Å². The highest BCUT2D eigenvalue weighted by molar-refractivity contribution is 5.66. The number of halogens is 2. The predicted molar refractivity (Wildman–Crippen MR) is 116 cm³/mol. The SMILES string of the molecule is CCCC1CC[C@H]2C(COc3ccc(-c4ccc(OCC)c(F)c4F)cc3)CC[C@@H]12. The summed E-state index contributed by atoms with van der Waals surface area (Å²) in [6.07, 6.45) is 8.03. The Balaban J connectivity index is 1.38. The molecule has 162 valence electrons. The molecule has 0 radical (unpaired) electrons. The van der Waals surface area contributed by atoms with E-state index in [0.29, 0.717) is 18.1 Å². The molecule has 2 unspecified atom stereocenters. The Kier molecular flexibility index (Phi) is 6.60. The van der Waals surface area contributed by atoms with Crippen LogP contribution in [0.15, 0.2) is 36.4 Å². The standard InChI is InChI=1S/C26H32F2O2/c1-3-5-17-8-12-22-19(9-13-21(17)22)16-30-20-10-6-18(7-11-20)23-14-15-24(29-4-2)26(28)25(23)27/h6-7,10-11,14-15,17,19,21-22H,3-5,8-9,12-13,16H2,1-2H3/t17?,19?,21-,22-/m0/s1. The van der Waals surface area contributed by atoms with Gasteiger partial charge in [-0.15, -0.1) is 0 Å². The van der Waals surface area contributed by atoms with Crippen molar-refractivity contribution >= 4 is 0 Å². The molecule has 2 aliphatic carbocycles. The molecule has 0 saturated heterocycles. The van der Waals surface area contributed by atoms with Gasteiger partial charge in [0, 0.05) is 5.56 Å². The Labute approximate surface area is 178 Å². The largest absolute Gasteiger partial charge is 0.493 e. The zero-order valence-corrected chi connectivity index (χ0v) is 18.0. The van der Waals surface area contributed by atoms with E-state index in [2.05, 4.69) is 6.92 Å². The van der Waals surface area contributed by atoms with Crippen LogP contribution in [0.25, 0.3) is 11.1 Å². The van der Waals surface area contributed by atoms with Crippen LogP contribution in [0.2, 0.25) is 0 Å². The van der Waals surface area contributed by atoms with E-state index >= 15 is 0 Å². The monoisotopic (exact) mass is 414 g/mol. The molecule has 30 heavy (non-hydrogen) atoms. The molecule has 2 saturated carbocycles. The Morgan fingerprint density at radius 1 is 0.800 bits per heavy atom. The van der Waals surface area contributed by atoms with Gasteiger partial charge < -0.3 is 9.47 Å². The normalized spacial score (nSPS) is 25.3. The second-order valence-electron chi connectivity index (χ2n) is 8.80. The van der Waals surface area contributed by atoms with Crippen LogP contribution < -0.4 is 9.47 Å². The van der Waals surface area contributed by atoms with E-state index in [0.717, 1.165) is 30.1 Å². The van der Waals surface area contributed by atoms with Gasteiger partial charge in [0.15, 0.2) is 11.6 Å². The summed E-state index contributed by atoms with van der Waals surface area (Å²) in [7, 11) is 0. The first-order valence-corrected chi connectivity index (χ1v) is 11.5. The molecule has 0 amide bonds. The summed E-state index contributed by atoms with van der Waals surface area (Å²) in [4.78, 5) is 0. The molecule has 0 spiro atoms. The van der Waals surface area contributed by atoms with Gasteiger partial charge in [-0.1, -0.05) is 31.9 Å². The molecular weight excluding hydrogens is 382 g/mol. The van der Waals surface area contributed by atoms with Crippen LogP contribution in [-0.2, 0) is 0 Å². The lowest BCUT2D eigenvalue weighted by Gasteiger charge is -2.21. The minimum Gasteiger partial charge on any atom is -0.493 e. The smallest absolute Gasteiger partial charge is 0.201 e. The van der Waals surface area contributed by atoms with Crippen molar-refractivity contribution in [3.63, 3.8) is 0 Å². The topological polar surface area (TPSA) is 18.5 Å². The molecular formula is C26H32F2O2. The summed E-state index contributed by atoms with van der Waals surface area (Å²) >= 11 is 0. The molecule has 0 bridgehead atoms. The van der Waals surface area contributed by atoms with Gasteiger partial charge in [0.25, 0.3) is 0 Å². The molecule has 0 N–H and O–H groups in total. The van der Waals surface area contributed by atoms with Gasteiger partial charge in [-0.05, 0) is 86.1 Å². The second kappa shape index (κ2) is 9.36. The summed E-state index contributed by atoms with van der Waals surface area (Å²) in [6.45, 7) is 5.08. The van der Waals surface area contributed by atoms with Crippen LogP contribution >= 0.6 is 0 Å². The maximum Gasteiger partial charge on any atom is 0.201 e. The second-order valence-corrected chi connectivity index (χ2v) is 8.80. The molecule has 0 aromatic heterocycles. The summed E-state index contributed by atoms with van der Waals surface area (Å²) in [5.74, 6) is 2.21. The molecule has 2 aliphatic rings. The number of benzene rings is 2. The lowest BCUT2D eigenvalue weighted by Crippen LogP contribution is -2.18.